The molecule has 0 fully saturated rings. The Balaban J connectivity index is 1.78. The number of phenols is 1. The molecule has 1 unspecified atom stereocenters. The molecule has 20 heavy (non-hydrogen) atoms. The SMILES string of the molecule is CC(CCNCc1cccc(Br)c1O)c1ccccc1. The van der Waals surface area contributed by atoms with Gasteiger partial charge in [0.15, 0.2) is 0 Å². The summed E-state index contributed by atoms with van der Waals surface area (Å²) in [6, 6.07) is 16.3. The third-order valence-corrected chi connectivity index (χ3v) is 4.15. The average Bonchev–Trinajstić information content (AvgIpc) is 2.48. The first-order valence-electron chi connectivity index (χ1n) is 6.90. The van der Waals surface area contributed by atoms with E-state index in [4.69, 9.17) is 0 Å². The summed E-state index contributed by atoms with van der Waals surface area (Å²) in [5.41, 5.74) is 2.30. The van der Waals surface area contributed by atoms with Gasteiger partial charge in [0, 0.05) is 12.1 Å². The molecule has 2 rings (SSSR count). The monoisotopic (exact) mass is 333 g/mol. The van der Waals surface area contributed by atoms with E-state index in [1.54, 1.807) is 0 Å². The van der Waals surface area contributed by atoms with Crippen LogP contribution in [-0.2, 0) is 6.54 Å². The maximum absolute atomic E-state index is 9.90. The predicted molar refractivity (Wildman–Crippen MR) is 87.0 cm³/mol. The minimum atomic E-state index is 0.330. The Labute approximate surface area is 129 Å². The number of para-hydroxylation sites is 1. The Morgan fingerprint density at radius 3 is 2.60 bits per heavy atom. The first-order valence-corrected chi connectivity index (χ1v) is 7.70. The summed E-state index contributed by atoms with van der Waals surface area (Å²) in [7, 11) is 0. The lowest BCUT2D eigenvalue weighted by atomic mass is 9.98. The summed E-state index contributed by atoms with van der Waals surface area (Å²) in [6.45, 7) is 3.86. The molecule has 2 aromatic rings. The van der Waals surface area contributed by atoms with E-state index < -0.39 is 0 Å². The van der Waals surface area contributed by atoms with Crippen molar-refractivity contribution in [3.63, 3.8) is 0 Å². The summed E-state index contributed by atoms with van der Waals surface area (Å²) in [5.74, 6) is 0.871. The molecular formula is C17H20BrNO. The second-order valence-electron chi connectivity index (χ2n) is 5.02. The van der Waals surface area contributed by atoms with Crippen LogP contribution < -0.4 is 5.32 Å². The van der Waals surface area contributed by atoms with E-state index in [1.165, 1.54) is 5.56 Å². The number of halogens is 1. The average molecular weight is 334 g/mol. The van der Waals surface area contributed by atoms with Gasteiger partial charge in [0.05, 0.1) is 4.47 Å². The minimum absolute atomic E-state index is 0.330. The molecule has 0 aliphatic carbocycles. The lowest BCUT2D eigenvalue weighted by Gasteiger charge is -2.13. The van der Waals surface area contributed by atoms with Gasteiger partial charge >= 0.3 is 0 Å². The Morgan fingerprint density at radius 1 is 1.10 bits per heavy atom. The Kier molecular flexibility index (Phi) is 5.62. The summed E-state index contributed by atoms with van der Waals surface area (Å²) in [4.78, 5) is 0. The minimum Gasteiger partial charge on any atom is -0.506 e. The summed E-state index contributed by atoms with van der Waals surface area (Å²) >= 11 is 3.33. The van der Waals surface area contributed by atoms with E-state index in [2.05, 4.69) is 52.4 Å². The van der Waals surface area contributed by atoms with Crippen LogP contribution in [0.2, 0.25) is 0 Å². The van der Waals surface area contributed by atoms with Crippen molar-refractivity contribution in [3.05, 3.63) is 64.1 Å². The van der Waals surface area contributed by atoms with Crippen molar-refractivity contribution in [1.82, 2.24) is 5.32 Å². The van der Waals surface area contributed by atoms with Crippen molar-refractivity contribution in [2.75, 3.05) is 6.54 Å². The van der Waals surface area contributed by atoms with Crippen molar-refractivity contribution in [2.45, 2.75) is 25.8 Å². The van der Waals surface area contributed by atoms with Gasteiger partial charge in [0.2, 0.25) is 0 Å². The van der Waals surface area contributed by atoms with Gasteiger partial charge in [0.1, 0.15) is 5.75 Å². The highest BCUT2D eigenvalue weighted by molar-refractivity contribution is 9.10. The van der Waals surface area contributed by atoms with Crippen LogP contribution in [0.1, 0.15) is 30.4 Å². The van der Waals surface area contributed by atoms with Crippen LogP contribution in [-0.4, -0.2) is 11.7 Å². The second kappa shape index (κ2) is 7.46. The predicted octanol–water partition coefficient (Wildman–Crippen LogP) is 4.44. The number of hydrogen-bond donors (Lipinski definition) is 2. The molecule has 3 heteroatoms. The second-order valence-corrected chi connectivity index (χ2v) is 5.88. The van der Waals surface area contributed by atoms with Crippen molar-refractivity contribution >= 4 is 15.9 Å². The highest BCUT2D eigenvalue weighted by Crippen LogP contribution is 2.27. The molecule has 0 saturated carbocycles. The van der Waals surface area contributed by atoms with Gasteiger partial charge in [-0.05, 0) is 46.4 Å². The molecule has 2 nitrogen and oxygen atoms in total. The van der Waals surface area contributed by atoms with Crippen LogP contribution in [0.4, 0.5) is 0 Å². The van der Waals surface area contributed by atoms with Gasteiger partial charge in [-0.3, -0.25) is 0 Å². The van der Waals surface area contributed by atoms with Crippen molar-refractivity contribution in [3.8, 4) is 5.75 Å². The fourth-order valence-corrected chi connectivity index (χ4v) is 2.60. The number of nitrogens with one attached hydrogen (secondary N) is 1. The fraction of sp³-hybridized carbons (Fsp3) is 0.294. The molecule has 0 aliphatic rings. The first-order chi connectivity index (χ1) is 9.68. The molecule has 1 atom stereocenters. The maximum Gasteiger partial charge on any atom is 0.134 e. The quantitative estimate of drug-likeness (QED) is 0.766. The van der Waals surface area contributed by atoms with Crippen LogP contribution in [0.3, 0.4) is 0 Å². The Hall–Kier alpha value is -1.32. The topological polar surface area (TPSA) is 32.3 Å². The summed E-state index contributed by atoms with van der Waals surface area (Å²) in [5, 5.41) is 13.3. The van der Waals surface area contributed by atoms with Gasteiger partial charge in [-0.25, -0.2) is 0 Å². The van der Waals surface area contributed by atoms with Crippen LogP contribution in [0.15, 0.2) is 53.0 Å². The molecule has 106 valence electrons. The van der Waals surface area contributed by atoms with E-state index in [-0.39, 0.29) is 0 Å². The molecule has 2 N–H and O–H groups in total. The van der Waals surface area contributed by atoms with Crippen LogP contribution in [0, 0.1) is 0 Å². The molecule has 0 aliphatic heterocycles. The van der Waals surface area contributed by atoms with E-state index in [0.29, 0.717) is 18.2 Å². The molecule has 0 saturated heterocycles. The fourth-order valence-electron chi connectivity index (χ4n) is 2.19. The first kappa shape index (κ1) is 15.1. The van der Waals surface area contributed by atoms with Gasteiger partial charge < -0.3 is 10.4 Å². The van der Waals surface area contributed by atoms with Gasteiger partial charge in [0.25, 0.3) is 0 Å². The zero-order valence-corrected chi connectivity index (χ0v) is 13.2. The van der Waals surface area contributed by atoms with E-state index in [9.17, 15) is 5.11 Å². The Bertz CT molecular complexity index is 542. The van der Waals surface area contributed by atoms with E-state index in [1.807, 2.05) is 24.3 Å². The Morgan fingerprint density at radius 2 is 1.85 bits per heavy atom. The molecule has 0 bridgehead atoms. The zero-order chi connectivity index (χ0) is 14.4. The third-order valence-electron chi connectivity index (χ3n) is 3.51. The molecular weight excluding hydrogens is 314 g/mol. The molecule has 0 aromatic heterocycles. The number of phenolic OH excluding ortho intramolecular Hbond substituents is 1. The molecule has 0 amide bonds. The highest BCUT2D eigenvalue weighted by Gasteiger charge is 2.06. The molecule has 0 radical (unpaired) electrons. The van der Waals surface area contributed by atoms with Crippen molar-refractivity contribution in [2.24, 2.45) is 0 Å². The van der Waals surface area contributed by atoms with Crippen LogP contribution >= 0.6 is 15.9 Å². The molecule has 2 aromatic carbocycles. The smallest absolute Gasteiger partial charge is 0.134 e. The maximum atomic E-state index is 9.90. The van der Waals surface area contributed by atoms with E-state index in [0.717, 1.165) is 23.0 Å². The number of hydrogen-bond acceptors (Lipinski definition) is 2. The highest BCUT2D eigenvalue weighted by atomic mass is 79.9. The van der Waals surface area contributed by atoms with Crippen LogP contribution in [0.5, 0.6) is 5.75 Å². The van der Waals surface area contributed by atoms with E-state index >= 15 is 0 Å². The number of benzene rings is 2. The standard InChI is InChI=1S/C17H20BrNO/c1-13(14-6-3-2-4-7-14)10-11-19-12-15-8-5-9-16(18)17(15)20/h2-9,13,19-20H,10-12H2,1H3. The van der Waals surface area contributed by atoms with Gasteiger partial charge in [-0.2, -0.15) is 0 Å². The van der Waals surface area contributed by atoms with Gasteiger partial charge in [-0.1, -0.05) is 49.4 Å². The number of rotatable bonds is 6. The van der Waals surface area contributed by atoms with Crippen molar-refractivity contribution in [1.29, 1.82) is 0 Å². The summed E-state index contributed by atoms with van der Waals surface area (Å²) < 4.78 is 0.745. The lowest BCUT2D eigenvalue weighted by molar-refractivity contribution is 0.460. The summed E-state index contributed by atoms with van der Waals surface area (Å²) in [6.07, 6.45) is 1.08. The van der Waals surface area contributed by atoms with Gasteiger partial charge in [-0.15, -0.1) is 0 Å². The lowest BCUT2D eigenvalue weighted by Crippen LogP contribution is -2.16. The number of aromatic hydroxyl groups is 1. The normalized spacial score (nSPS) is 12.3. The van der Waals surface area contributed by atoms with Crippen molar-refractivity contribution < 1.29 is 5.11 Å². The third kappa shape index (κ3) is 4.09. The van der Waals surface area contributed by atoms with Crippen LogP contribution in [0.25, 0.3) is 0 Å². The molecule has 0 spiro atoms. The molecule has 0 heterocycles. The largest absolute Gasteiger partial charge is 0.506 e. The zero-order valence-electron chi connectivity index (χ0n) is 11.6.